The Hall–Kier alpha value is -3.40. The highest BCUT2D eigenvalue weighted by Crippen LogP contribution is 2.39. The Balaban J connectivity index is 2.32. The highest BCUT2D eigenvalue weighted by molar-refractivity contribution is 6.07. The Morgan fingerprint density at radius 3 is 2.35 bits per heavy atom. The molecule has 7 heteroatoms. The van der Waals surface area contributed by atoms with Gasteiger partial charge in [-0.1, -0.05) is 18.2 Å². The predicted molar refractivity (Wildman–Crippen MR) is 90.7 cm³/mol. The van der Waals surface area contributed by atoms with Crippen molar-refractivity contribution in [2.24, 2.45) is 0 Å². The first kappa shape index (κ1) is 18.9. The number of ketones is 1. The minimum absolute atomic E-state index is 0.0447. The van der Waals surface area contributed by atoms with Crippen LogP contribution in [0.5, 0.6) is 17.2 Å². The first-order chi connectivity index (χ1) is 12.5. The molecule has 0 saturated carbocycles. The number of ether oxygens (including phenoxy) is 3. The van der Waals surface area contributed by atoms with E-state index >= 15 is 0 Å². The van der Waals surface area contributed by atoms with E-state index in [-0.39, 0.29) is 23.0 Å². The summed E-state index contributed by atoms with van der Waals surface area (Å²) in [5.41, 5.74) is 1.23. The minimum atomic E-state index is -3.03. The van der Waals surface area contributed by atoms with Gasteiger partial charge in [-0.05, 0) is 35.9 Å². The van der Waals surface area contributed by atoms with Crippen LogP contribution in [-0.2, 0) is 0 Å². The molecule has 2 aromatic rings. The number of allylic oxidation sites excluding steroid dienone is 1. The zero-order valence-corrected chi connectivity index (χ0v) is 14.0. The normalized spacial score (nSPS) is 10.6. The van der Waals surface area contributed by atoms with Gasteiger partial charge in [0, 0.05) is 5.56 Å². The van der Waals surface area contributed by atoms with Crippen molar-refractivity contribution in [3.05, 3.63) is 59.2 Å². The third-order valence-electron chi connectivity index (χ3n) is 3.39. The second-order valence-corrected chi connectivity index (χ2v) is 5.02. The van der Waals surface area contributed by atoms with Crippen LogP contribution in [0.4, 0.5) is 8.78 Å². The smallest absolute Gasteiger partial charge is 0.387 e. The average Bonchev–Trinajstić information content (AvgIpc) is 2.66. The molecule has 0 amide bonds. The van der Waals surface area contributed by atoms with Gasteiger partial charge >= 0.3 is 6.61 Å². The lowest BCUT2D eigenvalue weighted by Gasteiger charge is -2.14. The van der Waals surface area contributed by atoms with Crippen molar-refractivity contribution in [1.82, 2.24) is 0 Å². The Morgan fingerprint density at radius 2 is 1.81 bits per heavy atom. The molecule has 0 aromatic heterocycles. The maximum Gasteiger partial charge on any atom is 0.387 e. The number of benzene rings is 2. The Bertz CT molecular complexity index is 847. The summed E-state index contributed by atoms with van der Waals surface area (Å²) >= 11 is 0. The lowest BCUT2D eigenvalue weighted by Crippen LogP contribution is -2.05. The highest BCUT2D eigenvalue weighted by atomic mass is 19.3. The average molecular weight is 359 g/mol. The Kier molecular flexibility index (Phi) is 6.28. The zero-order valence-electron chi connectivity index (χ0n) is 14.0. The van der Waals surface area contributed by atoms with E-state index in [0.29, 0.717) is 16.7 Å². The molecule has 0 heterocycles. The molecule has 0 aliphatic carbocycles. The van der Waals surface area contributed by atoms with Gasteiger partial charge in [0.15, 0.2) is 17.3 Å². The van der Waals surface area contributed by atoms with E-state index in [1.54, 1.807) is 18.2 Å². The Morgan fingerprint density at radius 1 is 1.15 bits per heavy atom. The number of carbonyl (C=O) groups excluding carboxylic acids is 1. The molecule has 2 rings (SSSR count). The maximum atomic E-state index is 12.5. The van der Waals surface area contributed by atoms with Crippen LogP contribution in [0, 0.1) is 11.3 Å². The largest absolute Gasteiger partial charge is 0.493 e. The number of nitrogens with zero attached hydrogens (tertiary/aromatic N) is 1. The molecular formula is C19H15F2NO4. The van der Waals surface area contributed by atoms with Gasteiger partial charge in [0.25, 0.3) is 0 Å². The predicted octanol–water partition coefficient (Wildman–Crippen LogP) is 4.07. The third kappa shape index (κ3) is 4.57. The van der Waals surface area contributed by atoms with Crippen molar-refractivity contribution >= 4 is 11.9 Å². The number of carbonyl (C=O) groups is 1. The van der Waals surface area contributed by atoms with E-state index in [1.807, 2.05) is 6.07 Å². The molecular weight excluding hydrogens is 344 g/mol. The van der Waals surface area contributed by atoms with Crippen molar-refractivity contribution in [2.75, 3.05) is 14.2 Å². The van der Waals surface area contributed by atoms with Gasteiger partial charge in [0.05, 0.1) is 25.9 Å². The van der Waals surface area contributed by atoms with Gasteiger partial charge in [0.1, 0.15) is 0 Å². The SMILES string of the molecule is COc1cc(/C=C/C(=O)c2cccc(C#N)c2)cc(OC)c1OC(F)F. The highest BCUT2D eigenvalue weighted by Gasteiger charge is 2.17. The fourth-order valence-electron chi connectivity index (χ4n) is 2.21. The molecule has 0 saturated heterocycles. The number of rotatable bonds is 7. The monoisotopic (exact) mass is 359 g/mol. The minimum Gasteiger partial charge on any atom is -0.493 e. The standard InChI is InChI=1S/C19H15F2NO4/c1-24-16-9-12(10-17(25-2)18(16)26-19(20)21)6-7-15(23)14-5-3-4-13(8-14)11-22/h3-10,19H,1-2H3/b7-6+. The first-order valence-corrected chi connectivity index (χ1v) is 7.42. The summed E-state index contributed by atoms with van der Waals surface area (Å²) in [5.74, 6) is -0.449. The second-order valence-electron chi connectivity index (χ2n) is 5.02. The number of alkyl halides is 2. The number of halogens is 2. The summed E-state index contributed by atoms with van der Waals surface area (Å²) < 4.78 is 39.6. The zero-order chi connectivity index (χ0) is 19.1. The lowest BCUT2D eigenvalue weighted by atomic mass is 10.1. The molecule has 2 aromatic carbocycles. The maximum absolute atomic E-state index is 12.5. The topological polar surface area (TPSA) is 68.6 Å². The molecule has 134 valence electrons. The van der Waals surface area contributed by atoms with Gasteiger partial charge < -0.3 is 14.2 Å². The molecule has 0 aliphatic rings. The van der Waals surface area contributed by atoms with E-state index in [9.17, 15) is 13.6 Å². The van der Waals surface area contributed by atoms with Gasteiger partial charge in [-0.2, -0.15) is 14.0 Å². The van der Waals surface area contributed by atoms with E-state index < -0.39 is 6.61 Å². The van der Waals surface area contributed by atoms with Crippen molar-refractivity contribution in [2.45, 2.75) is 6.61 Å². The summed E-state index contributed by atoms with van der Waals surface area (Å²) in [6, 6.07) is 11.1. The van der Waals surface area contributed by atoms with Gasteiger partial charge in [0.2, 0.25) is 5.75 Å². The van der Waals surface area contributed by atoms with Crippen LogP contribution in [0.3, 0.4) is 0 Å². The molecule has 0 atom stereocenters. The van der Waals surface area contributed by atoms with Crippen molar-refractivity contribution in [1.29, 1.82) is 5.26 Å². The van der Waals surface area contributed by atoms with Crippen LogP contribution in [0.1, 0.15) is 21.5 Å². The fraction of sp³-hybridized carbons (Fsp3) is 0.158. The molecule has 5 nitrogen and oxygen atoms in total. The molecule has 0 aliphatic heterocycles. The summed E-state index contributed by atoms with van der Waals surface area (Å²) in [6.07, 6.45) is 2.79. The van der Waals surface area contributed by atoms with E-state index in [4.69, 9.17) is 14.7 Å². The Labute approximate surface area is 149 Å². The van der Waals surface area contributed by atoms with Crippen LogP contribution in [0.25, 0.3) is 6.08 Å². The summed E-state index contributed by atoms with van der Waals surface area (Å²) in [4.78, 5) is 12.2. The van der Waals surface area contributed by atoms with E-state index in [2.05, 4.69) is 4.74 Å². The fourth-order valence-corrected chi connectivity index (χ4v) is 2.21. The third-order valence-corrected chi connectivity index (χ3v) is 3.39. The number of hydrogen-bond donors (Lipinski definition) is 0. The van der Waals surface area contributed by atoms with Crippen LogP contribution in [0.15, 0.2) is 42.5 Å². The molecule has 0 unspecified atom stereocenters. The van der Waals surface area contributed by atoms with Crippen LogP contribution >= 0.6 is 0 Å². The van der Waals surface area contributed by atoms with Crippen LogP contribution in [0.2, 0.25) is 0 Å². The second kappa shape index (κ2) is 8.62. The van der Waals surface area contributed by atoms with Gasteiger partial charge in [-0.3, -0.25) is 4.79 Å². The first-order valence-electron chi connectivity index (χ1n) is 7.42. The summed E-state index contributed by atoms with van der Waals surface area (Å²) in [7, 11) is 2.61. The molecule has 0 N–H and O–H groups in total. The van der Waals surface area contributed by atoms with E-state index in [0.717, 1.165) is 0 Å². The van der Waals surface area contributed by atoms with Gasteiger partial charge in [-0.15, -0.1) is 0 Å². The molecule has 0 spiro atoms. The number of nitriles is 1. The van der Waals surface area contributed by atoms with E-state index in [1.165, 1.54) is 44.6 Å². The van der Waals surface area contributed by atoms with Crippen LogP contribution < -0.4 is 14.2 Å². The molecule has 0 bridgehead atoms. The number of methoxy groups -OCH3 is 2. The molecule has 0 fully saturated rings. The lowest BCUT2D eigenvalue weighted by molar-refractivity contribution is -0.0526. The molecule has 0 radical (unpaired) electrons. The molecule has 26 heavy (non-hydrogen) atoms. The van der Waals surface area contributed by atoms with Crippen LogP contribution in [-0.4, -0.2) is 26.6 Å². The summed E-state index contributed by atoms with van der Waals surface area (Å²) in [5, 5.41) is 8.88. The van der Waals surface area contributed by atoms with Gasteiger partial charge in [-0.25, -0.2) is 0 Å². The van der Waals surface area contributed by atoms with Crippen molar-refractivity contribution in [3.63, 3.8) is 0 Å². The quantitative estimate of drug-likeness (QED) is 0.550. The number of hydrogen-bond acceptors (Lipinski definition) is 5. The van der Waals surface area contributed by atoms with Crippen molar-refractivity contribution < 1.29 is 27.8 Å². The summed E-state index contributed by atoms with van der Waals surface area (Å²) in [6.45, 7) is -3.03. The van der Waals surface area contributed by atoms with Crippen molar-refractivity contribution in [3.8, 4) is 23.3 Å².